The van der Waals surface area contributed by atoms with Crippen LogP contribution in [0.1, 0.15) is 70.8 Å². The molecule has 1 saturated heterocycles. The van der Waals surface area contributed by atoms with Crippen molar-refractivity contribution in [3.05, 3.63) is 17.5 Å². The molecule has 1 unspecified atom stereocenters. The number of nitrogens with zero attached hydrogens (tertiary/aromatic N) is 4. The van der Waals surface area contributed by atoms with Gasteiger partial charge in [-0.2, -0.15) is 26.3 Å². The van der Waals surface area contributed by atoms with Crippen LogP contribution in [0.15, 0.2) is 10.5 Å². The maximum atomic E-state index is 14.2. The molecule has 2 atom stereocenters. The summed E-state index contributed by atoms with van der Waals surface area (Å²) in [5.74, 6) is -2.35. The van der Waals surface area contributed by atoms with E-state index < -0.39 is 76.7 Å². The molecular formula is C23H27F6N5O4. The Balaban J connectivity index is 1.93. The number of anilines is 2. The van der Waals surface area contributed by atoms with E-state index in [1.165, 1.54) is 25.7 Å². The molecule has 2 aromatic rings. The smallest absolute Gasteiger partial charge is 0.426 e. The average Bonchev–Trinajstić information content (AvgIpc) is 3.43. The van der Waals surface area contributed by atoms with Crippen LogP contribution in [0.5, 0.6) is 0 Å². The van der Waals surface area contributed by atoms with Crippen molar-refractivity contribution in [2.75, 3.05) is 16.8 Å². The maximum Gasteiger partial charge on any atom is 0.426 e. The number of aromatic nitrogens is 3. The molecule has 4 rings (SSSR count). The minimum atomic E-state index is -5.17. The molecule has 210 valence electrons. The third-order valence-corrected chi connectivity index (χ3v) is 6.37. The predicted molar refractivity (Wildman–Crippen MR) is 121 cm³/mol. The fraction of sp³-hybridized carbons (Fsp3) is 0.652. The Morgan fingerprint density at radius 1 is 1.13 bits per heavy atom. The molecule has 0 saturated carbocycles. The summed E-state index contributed by atoms with van der Waals surface area (Å²) < 4.78 is 94.8. The van der Waals surface area contributed by atoms with Gasteiger partial charge in [0.1, 0.15) is 17.0 Å². The normalized spacial score (nSPS) is 22.7. The molecule has 2 aliphatic rings. The monoisotopic (exact) mass is 551 g/mol. The van der Waals surface area contributed by atoms with Gasteiger partial charge in [0.25, 0.3) is 11.8 Å². The number of carbonyl (C=O) groups excluding carboxylic acids is 1. The van der Waals surface area contributed by atoms with Crippen LogP contribution in [-0.2, 0) is 16.5 Å². The van der Waals surface area contributed by atoms with Crippen molar-refractivity contribution in [1.82, 2.24) is 15.2 Å². The number of amides is 1. The van der Waals surface area contributed by atoms with Crippen LogP contribution in [0.4, 0.5) is 42.6 Å². The molecule has 38 heavy (non-hydrogen) atoms. The number of halogens is 6. The van der Waals surface area contributed by atoms with Gasteiger partial charge in [-0.3, -0.25) is 5.32 Å². The molecule has 1 fully saturated rings. The second kappa shape index (κ2) is 9.58. The van der Waals surface area contributed by atoms with Crippen molar-refractivity contribution in [3.8, 4) is 11.6 Å². The van der Waals surface area contributed by atoms with E-state index >= 15 is 0 Å². The van der Waals surface area contributed by atoms with E-state index in [4.69, 9.17) is 9.15 Å². The fourth-order valence-electron chi connectivity index (χ4n) is 4.63. The van der Waals surface area contributed by atoms with E-state index in [2.05, 4.69) is 20.5 Å². The number of hydrogen-bond acceptors (Lipinski definition) is 8. The lowest BCUT2D eigenvalue weighted by Crippen LogP contribution is -2.42. The summed E-state index contributed by atoms with van der Waals surface area (Å²) in [5, 5.41) is 19.7. The first-order valence-electron chi connectivity index (χ1n) is 12.0. The topological polar surface area (TPSA) is 114 Å². The summed E-state index contributed by atoms with van der Waals surface area (Å²) in [6.07, 6.45) is -10.5. The van der Waals surface area contributed by atoms with Gasteiger partial charge in [0.05, 0.1) is 5.69 Å². The molecule has 2 N–H and O–H groups in total. The highest BCUT2D eigenvalue weighted by atomic mass is 19.4. The van der Waals surface area contributed by atoms with Gasteiger partial charge in [0, 0.05) is 12.6 Å². The molecule has 0 spiro atoms. The van der Waals surface area contributed by atoms with Crippen molar-refractivity contribution < 1.29 is 45.4 Å². The first-order valence-corrected chi connectivity index (χ1v) is 12.0. The number of alkyl halides is 6. The fourth-order valence-corrected chi connectivity index (χ4v) is 4.63. The van der Waals surface area contributed by atoms with E-state index in [1.807, 2.05) is 0 Å². The number of fused-ring (bicyclic) bond motifs is 7. The quantitative estimate of drug-likeness (QED) is 0.428. The van der Waals surface area contributed by atoms with E-state index in [-0.39, 0.29) is 25.8 Å². The van der Waals surface area contributed by atoms with Crippen LogP contribution in [0.25, 0.3) is 11.6 Å². The number of carbonyl (C=O) groups is 1. The molecule has 0 aliphatic carbocycles. The molecule has 4 heterocycles. The van der Waals surface area contributed by atoms with Crippen molar-refractivity contribution in [3.63, 3.8) is 0 Å². The molecule has 0 radical (unpaired) electrons. The third-order valence-electron chi connectivity index (χ3n) is 6.37. The minimum absolute atomic E-state index is 0.0966. The summed E-state index contributed by atoms with van der Waals surface area (Å²) in [7, 11) is 0. The molecule has 9 nitrogen and oxygen atoms in total. The minimum Gasteiger partial charge on any atom is -0.444 e. The van der Waals surface area contributed by atoms with Crippen molar-refractivity contribution in [2.45, 2.75) is 88.9 Å². The number of aliphatic hydroxyl groups is 1. The Hall–Kier alpha value is -3.10. The van der Waals surface area contributed by atoms with Crippen LogP contribution < -0.4 is 10.2 Å². The molecule has 1 amide bonds. The van der Waals surface area contributed by atoms with Crippen LogP contribution >= 0.6 is 0 Å². The summed E-state index contributed by atoms with van der Waals surface area (Å²) in [5.41, 5.74) is -6.70. The van der Waals surface area contributed by atoms with E-state index in [0.717, 1.165) is 0 Å². The van der Waals surface area contributed by atoms with Crippen LogP contribution in [0.3, 0.4) is 0 Å². The van der Waals surface area contributed by atoms with Crippen molar-refractivity contribution in [1.29, 1.82) is 0 Å². The van der Waals surface area contributed by atoms with Crippen molar-refractivity contribution >= 4 is 17.6 Å². The van der Waals surface area contributed by atoms with Gasteiger partial charge in [-0.1, -0.05) is 6.42 Å². The van der Waals surface area contributed by atoms with Crippen LogP contribution in [-0.4, -0.2) is 50.7 Å². The molecule has 2 aromatic heterocycles. The number of rotatable bonds is 1. The molecule has 15 heteroatoms. The number of hydrogen-bond donors (Lipinski definition) is 2. The standard InChI is InChI=1S/C23H27F6N5O4/c1-20(2,3)38-19(35)30-14-11-13(22(24,25)26)16-31-15(14)17-32-33-18(37-17)21(36,23(27,28)29)9-5-4-7-12-8-6-10-34(12)16/h11-12,36H,4-10H2,1-3H3,(H,30,35)/t12-,21?/m1/s1. The van der Waals surface area contributed by atoms with Gasteiger partial charge in [-0.05, 0) is 58.9 Å². The number of ether oxygens (including phenoxy) is 1. The zero-order valence-electron chi connectivity index (χ0n) is 20.8. The summed E-state index contributed by atoms with van der Waals surface area (Å²) in [6.45, 7) is 4.84. The Morgan fingerprint density at radius 3 is 2.45 bits per heavy atom. The third kappa shape index (κ3) is 5.52. The van der Waals surface area contributed by atoms with E-state index in [1.54, 1.807) is 0 Å². The van der Waals surface area contributed by atoms with Gasteiger partial charge in [0.2, 0.25) is 5.60 Å². The second-order valence-electron chi connectivity index (χ2n) is 10.4. The molecule has 4 bridgehead atoms. The lowest BCUT2D eigenvalue weighted by atomic mass is 9.94. The first kappa shape index (κ1) is 27.9. The summed E-state index contributed by atoms with van der Waals surface area (Å²) >= 11 is 0. The predicted octanol–water partition coefficient (Wildman–Crippen LogP) is 5.79. The largest absolute Gasteiger partial charge is 0.444 e. The van der Waals surface area contributed by atoms with Gasteiger partial charge in [-0.25, -0.2) is 9.78 Å². The van der Waals surface area contributed by atoms with Gasteiger partial charge >= 0.3 is 18.4 Å². The first-order chi connectivity index (χ1) is 17.5. The van der Waals surface area contributed by atoms with Crippen molar-refractivity contribution in [2.24, 2.45) is 0 Å². The SMILES string of the molecule is CC(C)(C)OC(=O)Nc1cc(C(F)(F)F)c2nc1-c1nnc(o1)C(O)(C(F)(F)F)CCCC[C@@H]1CCCN21. The Morgan fingerprint density at radius 2 is 1.82 bits per heavy atom. The Kier molecular flexibility index (Phi) is 7.04. The number of nitrogens with one attached hydrogen (secondary N) is 1. The molecule has 2 aliphatic heterocycles. The zero-order valence-corrected chi connectivity index (χ0v) is 20.8. The van der Waals surface area contributed by atoms with E-state index in [0.29, 0.717) is 18.9 Å². The lowest BCUT2D eigenvalue weighted by molar-refractivity contribution is -0.277. The Bertz CT molecular complexity index is 1190. The molecule has 0 aromatic carbocycles. The van der Waals surface area contributed by atoms with Crippen LogP contribution in [0, 0.1) is 0 Å². The maximum absolute atomic E-state index is 14.2. The van der Waals surface area contributed by atoms with Crippen LogP contribution in [0.2, 0.25) is 0 Å². The van der Waals surface area contributed by atoms with Gasteiger partial charge in [0.15, 0.2) is 5.69 Å². The highest BCUT2D eigenvalue weighted by Crippen LogP contribution is 2.46. The average molecular weight is 551 g/mol. The zero-order chi connectivity index (χ0) is 28.1. The molecular weight excluding hydrogens is 524 g/mol. The Labute approximate surface area is 213 Å². The van der Waals surface area contributed by atoms with Gasteiger partial charge < -0.3 is 19.2 Å². The second-order valence-corrected chi connectivity index (χ2v) is 10.4. The van der Waals surface area contributed by atoms with Gasteiger partial charge in [-0.15, -0.1) is 10.2 Å². The van der Waals surface area contributed by atoms with E-state index in [9.17, 15) is 36.2 Å². The lowest BCUT2D eigenvalue weighted by Gasteiger charge is -2.30. The highest BCUT2D eigenvalue weighted by Gasteiger charge is 2.58. The summed E-state index contributed by atoms with van der Waals surface area (Å²) in [4.78, 5) is 18.0. The summed E-state index contributed by atoms with van der Waals surface area (Å²) in [6, 6.07) is 0.203. The number of pyridine rings is 1. The highest BCUT2D eigenvalue weighted by molar-refractivity contribution is 5.90.